The van der Waals surface area contributed by atoms with Crippen LogP contribution in [0.1, 0.15) is 0 Å². The van der Waals surface area contributed by atoms with Crippen LogP contribution in [0.4, 0.5) is 5.82 Å². The Morgan fingerprint density at radius 3 is 2.31 bits per heavy atom. The van der Waals surface area contributed by atoms with E-state index in [0.29, 0.717) is 16.0 Å². The molecule has 0 saturated heterocycles. The van der Waals surface area contributed by atoms with Crippen LogP contribution in [-0.2, 0) is 10.0 Å². The van der Waals surface area contributed by atoms with Gasteiger partial charge in [-0.1, -0.05) is 30.3 Å². The second-order valence-corrected chi connectivity index (χ2v) is 8.90. The van der Waals surface area contributed by atoms with E-state index in [1.165, 1.54) is 43.8 Å². The van der Waals surface area contributed by atoms with Crippen LogP contribution < -0.4 is 23.7 Å². The number of hydrogen-bond donors (Lipinski definition) is 2. The number of methoxy groups -OCH3 is 1. The van der Waals surface area contributed by atoms with Gasteiger partial charge in [0.05, 0.1) is 18.6 Å². The normalized spacial score (nSPS) is 11.1. The average Bonchev–Trinajstić information content (AvgIpc) is 2.89. The van der Waals surface area contributed by atoms with Crippen molar-refractivity contribution in [2.75, 3.05) is 25.0 Å². The molecule has 36 heavy (non-hydrogen) atoms. The number of aliphatic hydroxyl groups is 1. The molecular formula is C24H22N4O7S. The number of nitrogens with one attached hydrogen (secondary N) is 1. The van der Waals surface area contributed by atoms with E-state index in [4.69, 9.17) is 14.2 Å². The van der Waals surface area contributed by atoms with Crippen molar-refractivity contribution in [1.29, 1.82) is 0 Å². The lowest BCUT2D eigenvalue weighted by atomic mass is 10.2. The number of pyridine rings is 1. The molecule has 0 amide bonds. The fourth-order valence-corrected chi connectivity index (χ4v) is 4.15. The van der Waals surface area contributed by atoms with Gasteiger partial charge in [0, 0.05) is 17.7 Å². The lowest BCUT2D eigenvalue weighted by Gasteiger charge is -2.18. The maximum absolute atomic E-state index is 13.2. The molecule has 0 radical (unpaired) electrons. The number of aliphatic hydroxyl groups excluding tert-OH is 1. The zero-order valence-corrected chi connectivity index (χ0v) is 19.9. The lowest BCUT2D eigenvalue weighted by molar-refractivity contribution is -0.605. The van der Waals surface area contributed by atoms with Gasteiger partial charge < -0.3 is 24.5 Å². The summed E-state index contributed by atoms with van der Waals surface area (Å²) in [7, 11) is -2.64. The fraction of sp³-hybridized carbons (Fsp3) is 0.125. The molecular weight excluding hydrogens is 488 g/mol. The smallest absolute Gasteiger partial charge is 0.263 e. The summed E-state index contributed by atoms with van der Waals surface area (Å²) in [5.41, 5.74) is 0.417. The van der Waals surface area contributed by atoms with Gasteiger partial charge in [-0.3, -0.25) is 4.72 Å². The Hall–Kier alpha value is -4.42. The predicted molar refractivity (Wildman–Crippen MR) is 129 cm³/mol. The number of anilines is 1. The number of aromatic nitrogens is 3. The third-order valence-electron chi connectivity index (χ3n) is 4.79. The standard InChI is InChI=1S/C24H22N4O7S/c1-33-19-9-5-6-10-20(19)35-21-23(27-36(31,32)18-7-3-2-4-8-18)25-22(26-24(21)34-16-15-29)17-11-13-28(30)14-12-17/h2-14,29H,15-16H2,1H3,(H,25,26,27). The van der Waals surface area contributed by atoms with Crippen LogP contribution in [-0.4, -0.2) is 43.8 Å². The van der Waals surface area contributed by atoms with Gasteiger partial charge in [-0.2, -0.15) is 9.71 Å². The summed E-state index contributed by atoms with van der Waals surface area (Å²) in [5, 5.41) is 20.8. The first-order valence-corrected chi connectivity index (χ1v) is 12.1. The van der Waals surface area contributed by atoms with Crippen molar-refractivity contribution in [1.82, 2.24) is 9.97 Å². The van der Waals surface area contributed by atoms with Gasteiger partial charge in [0.15, 0.2) is 35.5 Å². The number of sulfonamides is 1. The Morgan fingerprint density at radius 1 is 0.972 bits per heavy atom. The molecule has 0 aliphatic rings. The summed E-state index contributed by atoms with van der Waals surface area (Å²) >= 11 is 0. The van der Waals surface area contributed by atoms with Gasteiger partial charge in [-0.15, -0.1) is 0 Å². The van der Waals surface area contributed by atoms with Crippen molar-refractivity contribution in [2.24, 2.45) is 0 Å². The monoisotopic (exact) mass is 510 g/mol. The minimum absolute atomic E-state index is 0.00154. The molecule has 12 heteroatoms. The van der Waals surface area contributed by atoms with E-state index in [1.54, 1.807) is 42.5 Å². The molecule has 0 aliphatic carbocycles. The van der Waals surface area contributed by atoms with Crippen LogP contribution in [0.25, 0.3) is 11.4 Å². The van der Waals surface area contributed by atoms with Gasteiger partial charge in [0.2, 0.25) is 5.75 Å². The Bertz CT molecular complexity index is 1430. The number of hydrogen-bond acceptors (Lipinski definition) is 9. The first-order chi connectivity index (χ1) is 17.4. The van der Waals surface area contributed by atoms with Crippen LogP contribution in [0.3, 0.4) is 0 Å². The molecule has 0 bridgehead atoms. The van der Waals surface area contributed by atoms with Gasteiger partial charge in [-0.05, 0) is 24.3 Å². The van der Waals surface area contributed by atoms with Crippen molar-refractivity contribution < 1.29 is 32.5 Å². The fourth-order valence-electron chi connectivity index (χ4n) is 3.12. The first kappa shape index (κ1) is 24.7. The van der Waals surface area contributed by atoms with Crippen molar-refractivity contribution in [3.8, 4) is 34.5 Å². The highest BCUT2D eigenvalue weighted by atomic mass is 32.2. The van der Waals surface area contributed by atoms with Gasteiger partial charge in [0.25, 0.3) is 15.9 Å². The van der Waals surface area contributed by atoms with E-state index in [0.717, 1.165) is 0 Å². The molecule has 2 aromatic heterocycles. The van der Waals surface area contributed by atoms with Gasteiger partial charge in [-0.25, -0.2) is 13.4 Å². The number of ether oxygens (including phenoxy) is 3. The van der Waals surface area contributed by atoms with Gasteiger partial charge in [0.1, 0.15) is 6.61 Å². The maximum Gasteiger partial charge on any atom is 0.263 e. The van der Waals surface area contributed by atoms with E-state index in [-0.39, 0.29) is 47.1 Å². The molecule has 0 fully saturated rings. The number of rotatable bonds is 10. The third kappa shape index (κ3) is 5.62. The van der Waals surface area contributed by atoms with Crippen molar-refractivity contribution >= 4 is 15.8 Å². The Labute approximate surface area is 207 Å². The molecule has 2 N–H and O–H groups in total. The topological polar surface area (TPSA) is 147 Å². The molecule has 0 unspecified atom stereocenters. The Morgan fingerprint density at radius 2 is 1.64 bits per heavy atom. The maximum atomic E-state index is 13.2. The second-order valence-electron chi connectivity index (χ2n) is 7.22. The zero-order valence-electron chi connectivity index (χ0n) is 19.1. The molecule has 0 saturated carbocycles. The highest BCUT2D eigenvalue weighted by molar-refractivity contribution is 7.92. The molecule has 2 heterocycles. The summed E-state index contributed by atoms with van der Waals surface area (Å²) in [6, 6.07) is 17.4. The van der Waals surface area contributed by atoms with E-state index < -0.39 is 10.0 Å². The molecule has 186 valence electrons. The van der Waals surface area contributed by atoms with Crippen LogP contribution in [0.5, 0.6) is 23.1 Å². The highest BCUT2D eigenvalue weighted by Gasteiger charge is 2.25. The van der Waals surface area contributed by atoms with Gasteiger partial charge >= 0.3 is 0 Å². The first-order valence-electron chi connectivity index (χ1n) is 10.6. The molecule has 4 rings (SSSR count). The van der Waals surface area contributed by atoms with Crippen molar-refractivity contribution in [3.05, 3.63) is 84.3 Å². The average molecular weight is 511 g/mol. The van der Waals surface area contributed by atoms with E-state index in [1.807, 2.05) is 0 Å². The van der Waals surface area contributed by atoms with Crippen LogP contribution in [0, 0.1) is 5.21 Å². The summed E-state index contributed by atoms with van der Waals surface area (Å²) in [6.07, 6.45) is 2.50. The summed E-state index contributed by atoms with van der Waals surface area (Å²) < 4.78 is 46.3. The largest absolute Gasteiger partial charge is 0.619 e. The Kier molecular flexibility index (Phi) is 7.47. The summed E-state index contributed by atoms with van der Waals surface area (Å²) in [5.74, 6) is 0.172. The summed E-state index contributed by atoms with van der Waals surface area (Å²) in [4.78, 5) is 8.75. The zero-order chi connectivity index (χ0) is 25.5. The predicted octanol–water partition coefficient (Wildman–Crippen LogP) is 2.75. The minimum atomic E-state index is -4.10. The molecule has 0 aliphatic heterocycles. The molecule has 0 spiro atoms. The van der Waals surface area contributed by atoms with Crippen molar-refractivity contribution in [2.45, 2.75) is 4.90 Å². The SMILES string of the molecule is COc1ccccc1Oc1c(NS(=O)(=O)c2ccccc2)nc(-c2cc[n+]([O-])cc2)nc1OCCO. The Balaban J connectivity index is 1.89. The highest BCUT2D eigenvalue weighted by Crippen LogP contribution is 2.41. The molecule has 0 atom stereocenters. The van der Waals surface area contributed by atoms with Crippen LogP contribution >= 0.6 is 0 Å². The molecule has 4 aromatic rings. The third-order valence-corrected chi connectivity index (χ3v) is 6.15. The van der Waals surface area contributed by atoms with E-state index in [2.05, 4.69) is 14.7 Å². The van der Waals surface area contributed by atoms with Crippen molar-refractivity contribution in [3.63, 3.8) is 0 Å². The number of nitrogens with zero attached hydrogens (tertiary/aromatic N) is 3. The number of benzene rings is 2. The minimum Gasteiger partial charge on any atom is -0.619 e. The lowest BCUT2D eigenvalue weighted by Crippen LogP contribution is -2.23. The van der Waals surface area contributed by atoms with Crippen LogP contribution in [0.15, 0.2) is 84.0 Å². The quantitative estimate of drug-likeness (QED) is 0.243. The molecule has 2 aromatic carbocycles. The number of para-hydroxylation sites is 2. The van der Waals surface area contributed by atoms with Crippen LogP contribution in [0.2, 0.25) is 0 Å². The summed E-state index contributed by atoms with van der Waals surface area (Å²) in [6.45, 7) is -0.487. The molecule has 11 nitrogen and oxygen atoms in total. The van der Waals surface area contributed by atoms with E-state index in [9.17, 15) is 18.7 Å². The second kappa shape index (κ2) is 10.9. The van der Waals surface area contributed by atoms with E-state index >= 15 is 0 Å².